The third-order valence-corrected chi connectivity index (χ3v) is 6.75. The first-order valence-electron chi connectivity index (χ1n) is 6.71. The van der Waals surface area contributed by atoms with Crippen LogP contribution in [0.4, 0.5) is 0 Å². The first-order valence-corrected chi connectivity index (χ1v) is 9.39. The van der Waals surface area contributed by atoms with Gasteiger partial charge in [-0.25, -0.2) is 0 Å². The van der Waals surface area contributed by atoms with Crippen LogP contribution in [0.5, 0.6) is 0 Å². The summed E-state index contributed by atoms with van der Waals surface area (Å²) in [5.41, 5.74) is 8.02. The van der Waals surface area contributed by atoms with E-state index in [1.807, 2.05) is 0 Å². The van der Waals surface area contributed by atoms with Gasteiger partial charge in [-0.3, -0.25) is 4.79 Å². The summed E-state index contributed by atoms with van der Waals surface area (Å²) in [5, 5.41) is 8.79. The number of fused-ring (bicyclic) bond motifs is 1. The Morgan fingerprint density at radius 1 is 1.33 bits per heavy atom. The molecule has 1 aromatic heterocycles. The van der Waals surface area contributed by atoms with Gasteiger partial charge in [0.05, 0.1) is 5.75 Å². The van der Waals surface area contributed by atoms with Crippen molar-refractivity contribution in [3.8, 4) is 0 Å². The molecule has 21 heavy (non-hydrogen) atoms. The van der Waals surface area contributed by atoms with Crippen molar-refractivity contribution in [2.24, 2.45) is 5.73 Å². The van der Waals surface area contributed by atoms with E-state index in [0.29, 0.717) is 5.25 Å². The summed E-state index contributed by atoms with van der Waals surface area (Å²) in [6.45, 7) is 0. The van der Waals surface area contributed by atoms with Gasteiger partial charge in [0.15, 0.2) is 8.68 Å². The maximum absolute atomic E-state index is 10.8. The molecule has 1 atom stereocenters. The zero-order valence-electron chi connectivity index (χ0n) is 11.3. The van der Waals surface area contributed by atoms with Crippen LogP contribution in [0.25, 0.3) is 0 Å². The van der Waals surface area contributed by atoms with E-state index < -0.39 is 0 Å². The summed E-state index contributed by atoms with van der Waals surface area (Å²) >= 11 is 4.67. The van der Waals surface area contributed by atoms with Gasteiger partial charge in [-0.05, 0) is 30.4 Å². The minimum Gasteiger partial charge on any atom is -0.369 e. The van der Waals surface area contributed by atoms with E-state index in [0.717, 1.165) is 8.68 Å². The number of thioether (sulfide) groups is 2. The summed E-state index contributed by atoms with van der Waals surface area (Å²) in [4.78, 5) is 10.8. The van der Waals surface area contributed by atoms with Gasteiger partial charge in [-0.2, -0.15) is 0 Å². The van der Waals surface area contributed by atoms with Crippen molar-refractivity contribution in [2.75, 3.05) is 5.75 Å². The molecule has 1 aromatic carbocycles. The van der Waals surface area contributed by atoms with Gasteiger partial charge < -0.3 is 5.73 Å². The number of rotatable bonds is 5. The summed E-state index contributed by atoms with van der Waals surface area (Å²) in [5.74, 6) is -0.0726. The van der Waals surface area contributed by atoms with Gasteiger partial charge in [-0.1, -0.05) is 59.1 Å². The number of carbonyl (C=O) groups is 1. The lowest BCUT2D eigenvalue weighted by Gasteiger charge is -2.23. The van der Waals surface area contributed by atoms with Crippen molar-refractivity contribution in [3.63, 3.8) is 0 Å². The molecule has 1 amide bonds. The Morgan fingerprint density at radius 3 is 3.00 bits per heavy atom. The highest BCUT2D eigenvalue weighted by atomic mass is 32.2. The van der Waals surface area contributed by atoms with Gasteiger partial charge >= 0.3 is 0 Å². The fraction of sp³-hybridized carbons (Fsp3) is 0.357. The lowest BCUT2D eigenvalue weighted by molar-refractivity contribution is -0.115. The molecule has 1 heterocycles. The minimum absolute atomic E-state index is 0.256. The molecule has 0 fully saturated rings. The first-order chi connectivity index (χ1) is 10.2. The number of carbonyl (C=O) groups excluding carboxylic acids is 1. The monoisotopic (exact) mass is 337 g/mol. The summed E-state index contributed by atoms with van der Waals surface area (Å²) in [7, 11) is 0. The third-order valence-electron chi connectivity index (χ3n) is 3.28. The largest absolute Gasteiger partial charge is 0.369 e. The number of amides is 1. The lowest BCUT2D eigenvalue weighted by atomic mass is 9.91. The quantitative estimate of drug-likeness (QED) is 0.848. The fourth-order valence-corrected chi connectivity index (χ4v) is 5.62. The van der Waals surface area contributed by atoms with Crippen LogP contribution < -0.4 is 5.73 Å². The Bertz CT molecular complexity index is 644. The second kappa shape index (κ2) is 6.81. The average molecular weight is 337 g/mol. The SMILES string of the molecule is NC(=O)CSc1nnc(S[C@@H]2CCCc3ccccc32)s1. The second-order valence-electron chi connectivity index (χ2n) is 4.79. The molecule has 7 heteroatoms. The van der Waals surface area contributed by atoms with Crippen LogP contribution in [-0.4, -0.2) is 21.9 Å². The topological polar surface area (TPSA) is 68.9 Å². The molecular formula is C14H15N3OS3. The van der Waals surface area contributed by atoms with E-state index in [-0.39, 0.29) is 11.7 Å². The van der Waals surface area contributed by atoms with Gasteiger partial charge in [-0.15, -0.1) is 10.2 Å². The molecule has 1 aliphatic rings. The number of aryl methyl sites for hydroxylation is 1. The van der Waals surface area contributed by atoms with Crippen molar-refractivity contribution in [3.05, 3.63) is 35.4 Å². The van der Waals surface area contributed by atoms with Crippen molar-refractivity contribution in [2.45, 2.75) is 33.2 Å². The molecule has 0 saturated heterocycles. The van der Waals surface area contributed by atoms with Crippen LogP contribution in [0.2, 0.25) is 0 Å². The number of nitrogens with two attached hydrogens (primary N) is 1. The predicted octanol–water partition coefficient (Wildman–Crippen LogP) is 3.29. The zero-order chi connectivity index (χ0) is 14.7. The molecule has 2 N–H and O–H groups in total. The normalized spacial score (nSPS) is 17.4. The molecule has 3 rings (SSSR count). The maximum Gasteiger partial charge on any atom is 0.227 e. The van der Waals surface area contributed by atoms with E-state index in [4.69, 9.17) is 5.73 Å². The Morgan fingerprint density at radius 2 is 2.14 bits per heavy atom. The molecule has 0 radical (unpaired) electrons. The molecule has 110 valence electrons. The minimum atomic E-state index is -0.328. The molecule has 0 aliphatic heterocycles. The number of benzene rings is 1. The molecule has 0 unspecified atom stereocenters. The predicted molar refractivity (Wildman–Crippen MR) is 87.8 cm³/mol. The fourth-order valence-electron chi connectivity index (χ4n) is 2.39. The molecule has 0 bridgehead atoms. The van der Waals surface area contributed by atoms with Crippen LogP contribution in [0.15, 0.2) is 32.9 Å². The average Bonchev–Trinajstić information content (AvgIpc) is 2.93. The molecular weight excluding hydrogens is 322 g/mol. The lowest BCUT2D eigenvalue weighted by Crippen LogP contribution is -2.12. The van der Waals surface area contributed by atoms with Crippen LogP contribution in [-0.2, 0) is 11.2 Å². The summed E-state index contributed by atoms with van der Waals surface area (Å²) in [6.07, 6.45) is 3.56. The number of hydrogen-bond acceptors (Lipinski definition) is 6. The number of primary amides is 1. The Hall–Kier alpha value is -1.05. The Balaban J connectivity index is 1.69. The molecule has 0 spiro atoms. The van der Waals surface area contributed by atoms with Crippen molar-refractivity contribution in [1.82, 2.24) is 10.2 Å². The highest BCUT2D eigenvalue weighted by Crippen LogP contribution is 2.44. The molecule has 4 nitrogen and oxygen atoms in total. The number of aromatic nitrogens is 2. The van der Waals surface area contributed by atoms with Gasteiger partial charge in [0, 0.05) is 5.25 Å². The highest BCUT2D eigenvalue weighted by molar-refractivity contribution is 8.03. The van der Waals surface area contributed by atoms with Crippen LogP contribution in [0, 0.1) is 0 Å². The van der Waals surface area contributed by atoms with Gasteiger partial charge in [0.1, 0.15) is 0 Å². The molecule has 1 aliphatic carbocycles. The van der Waals surface area contributed by atoms with Crippen LogP contribution in [0.3, 0.4) is 0 Å². The Kier molecular flexibility index (Phi) is 4.82. The molecule has 2 aromatic rings. The van der Waals surface area contributed by atoms with E-state index >= 15 is 0 Å². The number of hydrogen-bond donors (Lipinski definition) is 1. The first kappa shape index (κ1) is 14.9. The zero-order valence-corrected chi connectivity index (χ0v) is 13.8. The van der Waals surface area contributed by atoms with E-state index in [1.54, 1.807) is 11.8 Å². The van der Waals surface area contributed by atoms with E-state index in [1.165, 1.54) is 53.5 Å². The van der Waals surface area contributed by atoms with E-state index in [2.05, 4.69) is 34.5 Å². The standard InChI is InChI=1S/C14H15N3OS3/c15-12(18)8-19-13-16-17-14(21-13)20-11-7-3-5-9-4-1-2-6-10(9)11/h1-2,4,6,11H,3,5,7-8H2,(H2,15,18)/t11-/m1/s1. The van der Waals surface area contributed by atoms with Crippen molar-refractivity contribution in [1.29, 1.82) is 0 Å². The summed E-state index contributed by atoms with van der Waals surface area (Å²) < 4.78 is 1.77. The van der Waals surface area contributed by atoms with E-state index in [9.17, 15) is 4.79 Å². The van der Waals surface area contributed by atoms with Gasteiger partial charge in [0.25, 0.3) is 0 Å². The Labute approximate surface area is 135 Å². The summed E-state index contributed by atoms with van der Waals surface area (Å²) in [6, 6.07) is 8.65. The van der Waals surface area contributed by atoms with Crippen LogP contribution in [0.1, 0.15) is 29.2 Å². The number of nitrogens with zero attached hydrogens (tertiary/aromatic N) is 2. The van der Waals surface area contributed by atoms with Crippen LogP contribution >= 0.6 is 34.9 Å². The van der Waals surface area contributed by atoms with Gasteiger partial charge in [0.2, 0.25) is 5.91 Å². The highest BCUT2D eigenvalue weighted by Gasteiger charge is 2.22. The van der Waals surface area contributed by atoms with Crippen molar-refractivity contribution < 1.29 is 4.79 Å². The second-order valence-corrected chi connectivity index (χ2v) is 8.44. The third kappa shape index (κ3) is 3.78. The van der Waals surface area contributed by atoms with Crippen molar-refractivity contribution >= 4 is 40.8 Å². The maximum atomic E-state index is 10.8. The smallest absolute Gasteiger partial charge is 0.227 e. The molecule has 0 saturated carbocycles.